The van der Waals surface area contributed by atoms with Gasteiger partial charge in [-0.15, -0.1) is 0 Å². The van der Waals surface area contributed by atoms with E-state index in [0.717, 1.165) is 57.8 Å². The zero-order chi connectivity index (χ0) is 40.9. The van der Waals surface area contributed by atoms with Crippen molar-refractivity contribution in [1.29, 1.82) is 0 Å². The number of carboxylic acid groups (broad SMARTS) is 1. The smallest absolute Gasteiger partial charge is 0.472 e. The van der Waals surface area contributed by atoms with Gasteiger partial charge >= 0.3 is 25.7 Å². The van der Waals surface area contributed by atoms with Gasteiger partial charge in [0.15, 0.2) is 6.10 Å². The van der Waals surface area contributed by atoms with Crippen LogP contribution < -0.4 is 5.73 Å². The first-order chi connectivity index (χ1) is 26.3. The largest absolute Gasteiger partial charge is 0.480 e. The first-order valence-electron chi connectivity index (χ1n) is 20.3. The second kappa shape index (κ2) is 30.7. The van der Waals surface area contributed by atoms with Crippen molar-refractivity contribution >= 4 is 25.7 Å². The van der Waals surface area contributed by atoms with Gasteiger partial charge in [0.05, 0.1) is 31.5 Å². The summed E-state index contributed by atoms with van der Waals surface area (Å²) >= 11 is 0. The molecule has 1 saturated carbocycles. The lowest BCUT2D eigenvalue weighted by atomic mass is 9.89. The molecule has 1 rings (SSSR count). The number of carbonyl (C=O) groups is 3. The molecular formula is C40H70NO13P. The molecule has 1 fully saturated rings. The van der Waals surface area contributed by atoms with Crippen molar-refractivity contribution < 1.29 is 62.8 Å². The van der Waals surface area contributed by atoms with E-state index in [1.165, 1.54) is 12.8 Å². The summed E-state index contributed by atoms with van der Waals surface area (Å²) < 4.78 is 32.5. The molecule has 1 unspecified atom stereocenters. The number of aliphatic hydroxyl groups excluding tert-OH is 3. The van der Waals surface area contributed by atoms with Gasteiger partial charge in [-0.2, -0.15) is 0 Å². The number of carboxylic acids is 1. The molecule has 15 heteroatoms. The molecule has 55 heavy (non-hydrogen) atoms. The maximum atomic E-state index is 12.6. The summed E-state index contributed by atoms with van der Waals surface area (Å²) in [6, 6.07) is -1.56. The molecule has 0 aromatic rings. The lowest BCUT2D eigenvalue weighted by Gasteiger charge is -2.20. The number of hydrogen-bond donors (Lipinski definition) is 6. The van der Waals surface area contributed by atoms with E-state index in [2.05, 4.69) is 30.5 Å². The lowest BCUT2D eigenvalue weighted by molar-refractivity contribution is -0.161. The molecular weight excluding hydrogens is 733 g/mol. The van der Waals surface area contributed by atoms with E-state index in [9.17, 15) is 39.2 Å². The van der Waals surface area contributed by atoms with Crippen molar-refractivity contribution in [2.24, 2.45) is 17.6 Å². The van der Waals surface area contributed by atoms with Gasteiger partial charge in [0.2, 0.25) is 0 Å². The number of carbonyl (C=O) groups excluding carboxylic acids is 2. The first kappa shape index (κ1) is 50.6. The molecule has 0 aromatic heterocycles. The highest BCUT2D eigenvalue weighted by atomic mass is 31.2. The molecule has 8 atom stereocenters. The van der Waals surface area contributed by atoms with Crippen molar-refractivity contribution in [3.63, 3.8) is 0 Å². The van der Waals surface area contributed by atoms with Crippen LogP contribution in [-0.4, -0.2) is 93.5 Å². The lowest BCUT2D eigenvalue weighted by Crippen LogP contribution is -2.34. The third-order valence-electron chi connectivity index (χ3n) is 9.43. The van der Waals surface area contributed by atoms with Crippen LogP contribution in [0.15, 0.2) is 36.5 Å². The van der Waals surface area contributed by atoms with E-state index in [4.69, 9.17) is 24.8 Å². The van der Waals surface area contributed by atoms with Crippen LogP contribution in [0.5, 0.6) is 0 Å². The fourth-order valence-corrected chi connectivity index (χ4v) is 6.88. The summed E-state index contributed by atoms with van der Waals surface area (Å²) in [7, 11) is -4.77. The number of allylic oxidation sites excluding steroid dienone is 4. The highest BCUT2D eigenvalue weighted by Crippen LogP contribution is 2.43. The maximum absolute atomic E-state index is 12.6. The zero-order valence-corrected chi connectivity index (χ0v) is 34.0. The number of phosphoric ester groups is 1. The minimum absolute atomic E-state index is 0.0428. The van der Waals surface area contributed by atoms with Gasteiger partial charge < -0.3 is 40.5 Å². The molecule has 0 aromatic carbocycles. The number of phosphoric acid groups is 1. The fraction of sp³-hybridized carbons (Fsp3) is 0.775. The highest BCUT2D eigenvalue weighted by molar-refractivity contribution is 7.47. The van der Waals surface area contributed by atoms with Crippen molar-refractivity contribution in [3.05, 3.63) is 36.5 Å². The third kappa shape index (κ3) is 25.5. The Hall–Kier alpha value is -2.42. The number of nitrogens with two attached hydrogens (primary N) is 1. The number of aliphatic hydroxyl groups is 3. The molecule has 1 aliphatic rings. The Morgan fingerprint density at radius 1 is 0.782 bits per heavy atom. The molecule has 0 saturated heterocycles. The Bertz CT molecular complexity index is 1200. The van der Waals surface area contributed by atoms with Crippen LogP contribution in [0.25, 0.3) is 0 Å². The Balaban J connectivity index is 2.56. The van der Waals surface area contributed by atoms with Crippen LogP contribution in [0.2, 0.25) is 0 Å². The van der Waals surface area contributed by atoms with Gasteiger partial charge in [-0.25, -0.2) is 4.57 Å². The number of rotatable bonds is 33. The average molecular weight is 804 g/mol. The Morgan fingerprint density at radius 2 is 1.40 bits per heavy atom. The molecule has 7 N–H and O–H groups in total. The number of ether oxygens (including phenoxy) is 2. The van der Waals surface area contributed by atoms with Gasteiger partial charge in [-0.1, -0.05) is 102 Å². The second-order valence-electron chi connectivity index (χ2n) is 14.4. The van der Waals surface area contributed by atoms with Crippen LogP contribution in [0.4, 0.5) is 0 Å². The predicted molar refractivity (Wildman–Crippen MR) is 210 cm³/mol. The summed E-state index contributed by atoms with van der Waals surface area (Å²) in [5.41, 5.74) is 5.31. The molecule has 0 heterocycles. The molecule has 0 aliphatic heterocycles. The van der Waals surface area contributed by atoms with Gasteiger partial charge in [0.25, 0.3) is 0 Å². The summed E-state index contributed by atoms with van der Waals surface area (Å²) in [6.45, 7) is 2.38. The topological polar surface area (TPSA) is 232 Å². The van der Waals surface area contributed by atoms with E-state index >= 15 is 0 Å². The van der Waals surface area contributed by atoms with Crippen molar-refractivity contribution in [1.82, 2.24) is 0 Å². The van der Waals surface area contributed by atoms with Gasteiger partial charge in [-0.3, -0.25) is 23.4 Å². The normalized spacial score (nSPS) is 21.6. The molecule has 0 amide bonds. The maximum Gasteiger partial charge on any atom is 0.472 e. The highest BCUT2D eigenvalue weighted by Gasteiger charge is 2.39. The van der Waals surface area contributed by atoms with Gasteiger partial charge in [-0.05, 0) is 57.3 Å². The van der Waals surface area contributed by atoms with Crippen molar-refractivity contribution in [3.8, 4) is 0 Å². The molecule has 1 aliphatic carbocycles. The average Bonchev–Trinajstić information content (AvgIpc) is 3.41. The van der Waals surface area contributed by atoms with E-state index < -0.39 is 76.0 Å². The predicted octanol–water partition coefficient (Wildman–Crippen LogP) is 6.44. The van der Waals surface area contributed by atoms with E-state index in [0.29, 0.717) is 32.1 Å². The van der Waals surface area contributed by atoms with Crippen LogP contribution in [0, 0.1) is 11.8 Å². The number of unbranched alkanes of at least 4 members (excludes halogenated alkanes) is 10. The Labute approximate surface area is 328 Å². The summed E-state index contributed by atoms with van der Waals surface area (Å²) in [4.78, 5) is 46.0. The molecule has 0 spiro atoms. The minimum Gasteiger partial charge on any atom is -0.480 e. The van der Waals surface area contributed by atoms with Gasteiger partial charge in [0, 0.05) is 25.2 Å². The van der Waals surface area contributed by atoms with Crippen molar-refractivity contribution in [2.45, 2.75) is 166 Å². The molecule has 0 radical (unpaired) electrons. The Morgan fingerprint density at radius 3 is 2.11 bits per heavy atom. The SMILES string of the molecule is CCCC/C=C\CCCCCCCC(=O)O[C@H](COC(=O)CCC/C=C/C[C@@H]1[C@@H](/C=C/[C@@H](O)CCCCC)[C@H](O)C[C@@H]1O)COP(=O)(O)OC[C@H](N)C(=O)O. The quantitative estimate of drug-likeness (QED) is 0.0182. The van der Waals surface area contributed by atoms with Crippen LogP contribution in [0.3, 0.4) is 0 Å². The number of esters is 2. The zero-order valence-electron chi connectivity index (χ0n) is 33.1. The number of aliphatic carboxylic acids is 1. The number of hydrogen-bond acceptors (Lipinski definition) is 12. The van der Waals surface area contributed by atoms with Crippen LogP contribution in [0.1, 0.15) is 136 Å². The molecule has 14 nitrogen and oxygen atoms in total. The van der Waals surface area contributed by atoms with Crippen LogP contribution in [-0.2, 0) is 37.5 Å². The molecule has 318 valence electrons. The van der Waals surface area contributed by atoms with Gasteiger partial charge in [0.1, 0.15) is 12.6 Å². The summed E-state index contributed by atoms with van der Waals surface area (Å²) in [6.07, 6.45) is 23.2. The fourth-order valence-electron chi connectivity index (χ4n) is 6.10. The summed E-state index contributed by atoms with van der Waals surface area (Å²) in [5, 5.41) is 40.1. The monoisotopic (exact) mass is 803 g/mol. The standard InChI is InChI=1S/C40H70NO13P/c1-3-5-7-8-9-10-11-12-13-14-20-24-39(46)54-32(29-52-55(49,50)53-30-35(41)40(47)48)28-51-38(45)23-19-16-15-18-22-33-34(37(44)27-36(33)43)26-25-31(42)21-17-6-4-2/h8-9,15,18,25-26,31-37,42-44H,3-7,10-14,16-17,19-24,27-30,41H2,1-2H3,(H,47,48)(H,49,50)/b9-8-,18-15+,26-25+/t31-,32+,33+,34+,35-,36-,37+/m0/s1. The van der Waals surface area contributed by atoms with E-state index in [1.54, 1.807) is 6.08 Å². The Kier molecular flexibility index (Phi) is 28.2. The van der Waals surface area contributed by atoms with Crippen LogP contribution >= 0.6 is 7.82 Å². The van der Waals surface area contributed by atoms with E-state index in [-0.39, 0.29) is 31.1 Å². The molecule has 0 bridgehead atoms. The third-order valence-corrected chi connectivity index (χ3v) is 10.4. The van der Waals surface area contributed by atoms with E-state index in [1.807, 2.05) is 18.2 Å². The van der Waals surface area contributed by atoms with Crippen molar-refractivity contribution in [2.75, 3.05) is 19.8 Å². The summed E-state index contributed by atoms with van der Waals surface area (Å²) in [5.74, 6) is -3.07. The minimum atomic E-state index is -4.77. The first-order valence-corrected chi connectivity index (χ1v) is 21.8. The second-order valence-corrected chi connectivity index (χ2v) is 15.8.